The molecule has 1 unspecified atom stereocenters. The Morgan fingerprint density at radius 1 is 1.08 bits per heavy atom. The first kappa shape index (κ1) is 20.2. The fraction of sp³-hybridized carbons (Fsp3) is 0.381. The maximum Gasteiger partial charge on any atom is 0.359 e. The molecule has 4 nitrogen and oxygen atoms in total. The van der Waals surface area contributed by atoms with Crippen LogP contribution in [0.25, 0.3) is 0 Å². The highest BCUT2D eigenvalue weighted by atomic mass is 32.2. The molecular formula is C21H27NO3S. The summed E-state index contributed by atoms with van der Waals surface area (Å²) < 4.78 is 30.1. The predicted molar refractivity (Wildman–Crippen MR) is 106 cm³/mol. The molecule has 2 aromatic rings. The predicted octanol–water partition coefficient (Wildman–Crippen LogP) is 5.25. The summed E-state index contributed by atoms with van der Waals surface area (Å²) in [7, 11) is -3.95. The highest BCUT2D eigenvalue weighted by molar-refractivity contribution is 7.86. The molecule has 0 radical (unpaired) electrons. The fourth-order valence-electron chi connectivity index (χ4n) is 3.04. The lowest BCUT2D eigenvalue weighted by atomic mass is 9.97. The number of oxime groups is 1. The minimum atomic E-state index is -3.95. The van der Waals surface area contributed by atoms with Gasteiger partial charge in [0.15, 0.2) is 0 Å². The Labute approximate surface area is 157 Å². The molecule has 0 saturated carbocycles. The molecule has 0 aliphatic rings. The third-order valence-corrected chi connectivity index (χ3v) is 6.05. The van der Waals surface area contributed by atoms with E-state index < -0.39 is 10.1 Å². The summed E-state index contributed by atoms with van der Waals surface area (Å²) in [6.45, 7) is 11.5. The molecule has 140 valence electrons. The molecular weight excluding hydrogens is 346 g/mol. The van der Waals surface area contributed by atoms with E-state index in [1.54, 1.807) is 20.8 Å². The van der Waals surface area contributed by atoms with E-state index >= 15 is 0 Å². The van der Waals surface area contributed by atoms with Crippen LogP contribution in [0.3, 0.4) is 0 Å². The second-order valence-corrected chi connectivity index (χ2v) is 8.33. The van der Waals surface area contributed by atoms with E-state index in [0.29, 0.717) is 22.8 Å². The van der Waals surface area contributed by atoms with Crippen LogP contribution in [0, 0.1) is 20.8 Å². The average Bonchev–Trinajstić information content (AvgIpc) is 2.58. The van der Waals surface area contributed by atoms with Crippen molar-refractivity contribution in [3.05, 3.63) is 64.2 Å². The summed E-state index contributed by atoms with van der Waals surface area (Å²) in [5.74, 6) is 0.491. The molecule has 0 aliphatic heterocycles. The lowest BCUT2D eigenvalue weighted by Gasteiger charge is -2.11. The lowest BCUT2D eigenvalue weighted by molar-refractivity contribution is 0.338. The fourth-order valence-corrected chi connectivity index (χ4v) is 4.24. The van der Waals surface area contributed by atoms with Gasteiger partial charge in [0.25, 0.3) is 0 Å². The molecule has 2 aromatic carbocycles. The summed E-state index contributed by atoms with van der Waals surface area (Å²) >= 11 is 0. The van der Waals surface area contributed by atoms with Gasteiger partial charge in [0.05, 0.1) is 5.71 Å². The monoisotopic (exact) mass is 373 g/mol. The van der Waals surface area contributed by atoms with Crippen LogP contribution < -0.4 is 0 Å². The normalized spacial score (nSPS) is 13.5. The van der Waals surface area contributed by atoms with Crippen molar-refractivity contribution < 1.29 is 12.7 Å². The van der Waals surface area contributed by atoms with Gasteiger partial charge in [0, 0.05) is 0 Å². The molecule has 0 spiro atoms. The van der Waals surface area contributed by atoms with Gasteiger partial charge in [-0.2, -0.15) is 8.42 Å². The third-order valence-electron chi connectivity index (χ3n) is 4.64. The van der Waals surface area contributed by atoms with Gasteiger partial charge < -0.3 is 0 Å². The van der Waals surface area contributed by atoms with E-state index in [4.69, 9.17) is 4.28 Å². The van der Waals surface area contributed by atoms with Gasteiger partial charge in [-0.1, -0.05) is 61.0 Å². The lowest BCUT2D eigenvalue weighted by Crippen LogP contribution is -2.09. The number of nitrogens with zero attached hydrogens (tertiary/aromatic N) is 1. The maximum absolute atomic E-state index is 12.6. The molecule has 0 heterocycles. The Bertz CT molecular complexity index is 890. The van der Waals surface area contributed by atoms with Crippen LogP contribution in [-0.2, 0) is 14.4 Å². The molecule has 0 fully saturated rings. The zero-order chi connectivity index (χ0) is 19.5. The largest absolute Gasteiger partial charge is 0.359 e. The number of hydrogen-bond donors (Lipinski definition) is 0. The molecule has 0 bridgehead atoms. The van der Waals surface area contributed by atoms with Gasteiger partial charge >= 0.3 is 10.1 Å². The van der Waals surface area contributed by atoms with E-state index in [1.807, 2.05) is 43.3 Å². The van der Waals surface area contributed by atoms with Crippen molar-refractivity contribution in [2.45, 2.75) is 58.8 Å². The maximum atomic E-state index is 12.6. The SMILES string of the molecule is CCC(C)c1ccc(C(C)=NOS(=O)(=O)c2c(C)cc(C)cc2C)cc1. The van der Waals surface area contributed by atoms with Gasteiger partial charge in [-0.15, -0.1) is 0 Å². The van der Waals surface area contributed by atoms with Crippen LogP contribution in [0.15, 0.2) is 46.4 Å². The molecule has 26 heavy (non-hydrogen) atoms. The third kappa shape index (κ3) is 4.52. The van der Waals surface area contributed by atoms with Crippen LogP contribution in [0.5, 0.6) is 0 Å². The Morgan fingerprint density at radius 2 is 1.62 bits per heavy atom. The van der Waals surface area contributed by atoms with E-state index in [0.717, 1.165) is 17.5 Å². The van der Waals surface area contributed by atoms with Crippen LogP contribution in [0.2, 0.25) is 0 Å². The van der Waals surface area contributed by atoms with Crippen LogP contribution in [0.4, 0.5) is 0 Å². The summed E-state index contributed by atoms with van der Waals surface area (Å²) in [4.78, 5) is 0.187. The van der Waals surface area contributed by atoms with E-state index in [2.05, 4.69) is 19.0 Å². The number of benzene rings is 2. The Hall–Kier alpha value is -2.14. The topological polar surface area (TPSA) is 55.7 Å². The first-order valence-electron chi connectivity index (χ1n) is 8.82. The van der Waals surface area contributed by atoms with Crippen molar-refractivity contribution in [1.82, 2.24) is 0 Å². The van der Waals surface area contributed by atoms with Gasteiger partial charge in [0.2, 0.25) is 0 Å². The molecule has 0 N–H and O–H groups in total. The van der Waals surface area contributed by atoms with Gasteiger partial charge in [-0.05, 0) is 62.3 Å². The number of hydrogen-bond acceptors (Lipinski definition) is 4. The Balaban J connectivity index is 2.25. The number of rotatable bonds is 6. The minimum Gasteiger partial charge on any atom is -0.264 e. The first-order chi connectivity index (χ1) is 12.2. The first-order valence-corrected chi connectivity index (χ1v) is 10.2. The summed E-state index contributed by atoms with van der Waals surface area (Å²) in [6, 6.07) is 11.6. The minimum absolute atomic E-state index is 0.187. The molecule has 0 amide bonds. The molecule has 5 heteroatoms. The van der Waals surface area contributed by atoms with Crippen molar-refractivity contribution in [3.63, 3.8) is 0 Å². The summed E-state index contributed by atoms with van der Waals surface area (Å²) in [5.41, 5.74) is 4.95. The van der Waals surface area contributed by atoms with Crippen LogP contribution in [-0.4, -0.2) is 14.1 Å². The molecule has 0 saturated heterocycles. The van der Waals surface area contributed by atoms with Crippen molar-refractivity contribution in [2.75, 3.05) is 0 Å². The highest BCUT2D eigenvalue weighted by Gasteiger charge is 2.22. The quantitative estimate of drug-likeness (QED) is 0.513. The Morgan fingerprint density at radius 3 is 2.12 bits per heavy atom. The molecule has 0 aromatic heterocycles. The van der Waals surface area contributed by atoms with Crippen LogP contribution >= 0.6 is 0 Å². The molecule has 2 rings (SSSR count). The second kappa shape index (κ2) is 8.04. The smallest absolute Gasteiger partial charge is 0.264 e. The second-order valence-electron chi connectivity index (χ2n) is 6.86. The zero-order valence-electron chi connectivity index (χ0n) is 16.3. The van der Waals surface area contributed by atoms with Crippen molar-refractivity contribution in [3.8, 4) is 0 Å². The van der Waals surface area contributed by atoms with Crippen LogP contribution in [0.1, 0.15) is 60.9 Å². The van der Waals surface area contributed by atoms with Gasteiger partial charge in [0.1, 0.15) is 4.90 Å². The van der Waals surface area contributed by atoms with E-state index in [-0.39, 0.29) is 4.90 Å². The van der Waals surface area contributed by atoms with E-state index in [1.165, 1.54) is 5.56 Å². The average molecular weight is 374 g/mol. The highest BCUT2D eigenvalue weighted by Crippen LogP contribution is 2.24. The zero-order valence-corrected chi connectivity index (χ0v) is 17.1. The number of aryl methyl sites for hydroxylation is 3. The molecule has 0 aliphatic carbocycles. The standard InChI is InChI=1S/C21H27NO3S/c1-7-15(3)19-8-10-20(11-9-19)18(6)22-25-26(23,24)21-16(4)12-14(2)13-17(21)5/h8-13,15H,7H2,1-6H3. The van der Waals surface area contributed by atoms with E-state index in [9.17, 15) is 8.42 Å². The summed E-state index contributed by atoms with van der Waals surface area (Å²) in [6.07, 6.45) is 1.07. The van der Waals surface area contributed by atoms with Crippen molar-refractivity contribution in [2.24, 2.45) is 5.16 Å². The van der Waals surface area contributed by atoms with Gasteiger partial charge in [-0.25, -0.2) is 0 Å². The molecule has 1 atom stereocenters. The Kier molecular flexibility index (Phi) is 6.24. The summed E-state index contributed by atoms with van der Waals surface area (Å²) in [5, 5.41) is 3.87. The van der Waals surface area contributed by atoms with Gasteiger partial charge in [-0.3, -0.25) is 4.28 Å². The van der Waals surface area contributed by atoms with Crippen molar-refractivity contribution >= 4 is 15.8 Å². The van der Waals surface area contributed by atoms with Crippen molar-refractivity contribution in [1.29, 1.82) is 0 Å².